The van der Waals surface area contributed by atoms with Crippen molar-refractivity contribution in [2.24, 2.45) is 5.92 Å². The molecule has 0 spiro atoms. The molecule has 1 unspecified atom stereocenters. The van der Waals surface area contributed by atoms with E-state index in [-0.39, 0.29) is 18.3 Å². The van der Waals surface area contributed by atoms with E-state index in [9.17, 15) is 4.79 Å². The Hall–Kier alpha value is -1.11. The molecule has 150 valence electrons. The number of nitrogens with one attached hydrogen (secondary N) is 1. The summed E-state index contributed by atoms with van der Waals surface area (Å²) in [5.41, 5.74) is 0.575. The van der Waals surface area contributed by atoms with Crippen LogP contribution in [0.15, 0.2) is 12.3 Å². The van der Waals surface area contributed by atoms with Gasteiger partial charge in [-0.25, -0.2) is 0 Å². The van der Waals surface area contributed by atoms with Gasteiger partial charge in [0.05, 0.1) is 6.04 Å². The van der Waals surface area contributed by atoms with Crippen LogP contribution in [0.25, 0.3) is 0 Å². The van der Waals surface area contributed by atoms with Crippen molar-refractivity contribution in [1.82, 2.24) is 24.9 Å². The zero-order valence-electron chi connectivity index (χ0n) is 16.8. The van der Waals surface area contributed by atoms with E-state index >= 15 is 0 Å². The van der Waals surface area contributed by atoms with E-state index in [4.69, 9.17) is 0 Å². The Balaban J connectivity index is 0.00000338. The Labute approximate surface area is 164 Å². The molecule has 1 amide bonds. The highest BCUT2D eigenvalue weighted by Crippen LogP contribution is 2.16. The number of hydrogen-bond donors (Lipinski definition) is 1. The van der Waals surface area contributed by atoms with Gasteiger partial charge >= 0.3 is 0 Å². The minimum atomic E-state index is 0. The molecular weight excluding hydrogens is 350 g/mol. The smallest absolute Gasteiger partial charge is 0.274 e. The molecule has 1 aliphatic heterocycles. The molecule has 0 radical (unpaired) electrons. The predicted molar refractivity (Wildman–Crippen MR) is 109 cm³/mol. The highest BCUT2D eigenvalue weighted by Gasteiger charge is 2.22. The van der Waals surface area contributed by atoms with Crippen LogP contribution in [-0.2, 0) is 0 Å². The van der Waals surface area contributed by atoms with Gasteiger partial charge < -0.3 is 15.1 Å². The van der Waals surface area contributed by atoms with Crippen LogP contribution in [0.2, 0.25) is 0 Å². The second-order valence-electron chi connectivity index (χ2n) is 7.35. The van der Waals surface area contributed by atoms with Crippen LogP contribution in [0.1, 0.15) is 57.1 Å². The molecule has 1 aromatic heterocycles. The van der Waals surface area contributed by atoms with Gasteiger partial charge in [0.2, 0.25) is 0 Å². The largest absolute Gasteiger partial charge is 0.336 e. The topological polar surface area (TPSA) is 53.4 Å². The first-order valence-electron chi connectivity index (χ1n) is 9.82. The maximum atomic E-state index is 13.0. The molecule has 0 aromatic carbocycles. The van der Waals surface area contributed by atoms with Crippen molar-refractivity contribution >= 4 is 18.3 Å². The first-order valence-corrected chi connectivity index (χ1v) is 9.82. The lowest BCUT2D eigenvalue weighted by atomic mass is 10.1. The van der Waals surface area contributed by atoms with E-state index in [1.165, 1.54) is 0 Å². The summed E-state index contributed by atoms with van der Waals surface area (Å²) in [6, 6.07) is 2.24. The SMILES string of the molecule is CCN(CC)CCN(CC(C)C)C(=O)c1ccn(C2CCCNC2)n1.Cl. The summed E-state index contributed by atoms with van der Waals surface area (Å²) in [5, 5.41) is 8.01. The van der Waals surface area contributed by atoms with Gasteiger partial charge in [0.1, 0.15) is 5.69 Å². The zero-order valence-corrected chi connectivity index (χ0v) is 17.6. The molecule has 1 fully saturated rings. The predicted octanol–water partition coefficient (Wildman–Crippen LogP) is 2.67. The fourth-order valence-corrected chi connectivity index (χ4v) is 3.40. The van der Waals surface area contributed by atoms with Gasteiger partial charge in [-0.15, -0.1) is 12.4 Å². The summed E-state index contributed by atoms with van der Waals surface area (Å²) < 4.78 is 1.97. The Morgan fingerprint density at radius 2 is 2.08 bits per heavy atom. The molecular formula is C19H36ClN5O. The Morgan fingerprint density at radius 3 is 2.65 bits per heavy atom. The van der Waals surface area contributed by atoms with Crippen molar-refractivity contribution in [3.8, 4) is 0 Å². The molecule has 6 nitrogen and oxygen atoms in total. The number of likely N-dealkylation sites (N-methyl/N-ethyl adjacent to an activating group) is 1. The van der Waals surface area contributed by atoms with Gasteiger partial charge in [-0.1, -0.05) is 27.7 Å². The summed E-state index contributed by atoms with van der Waals surface area (Å²) in [6.45, 7) is 15.1. The van der Waals surface area contributed by atoms with E-state index in [0.717, 1.165) is 58.7 Å². The van der Waals surface area contributed by atoms with Gasteiger partial charge in [0.25, 0.3) is 5.91 Å². The number of rotatable bonds is 9. The zero-order chi connectivity index (χ0) is 18.2. The second-order valence-corrected chi connectivity index (χ2v) is 7.35. The molecule has 0 bridgehead atoms. The maximum absolute atomic E-state index is 13.0. The molecule has 1 N–H and O–H groups in total. The molecule has 0 saturated carbocycles. The van der Waals surface area contributed by atoms with E-state index in [1.54, 1.807) is 0 Å². The van der Waals surface area contributed by atoms with Crippen LogP contribution >= 0.6 is 12.4 Å². The molecule has 2 rings (SSSR count). The fraction of sp³-hybridized carbons (Fsp3) is 0.789. The van der Waals surface area contributed by atoms with Crippen molar-refractivity contribution in [3.05, 3.63) is 18.0 Å². The first kappa shape index (κ1) is 22.9. The van der Waals surface area contributed by atoms with Crippen LogP contribution < -0.4 is 5.32 Å². The van der Waals surface area contributed by atoms with Gasteiger partial charge in [-0.3, -0.25) is 9.48 Å². The van der Waals surface area contributed by atoms with Gasteiger partial charge in [0.15, 0.2) is 0 Å². The van der Waals surface area contributed by atoms with Crippen molar-refractivity contribution in [2.45, 2.75) is 46.6 Å². The Morgan fingerprint density at radius 1 is 1.35 bits per heavy atom. The summed E-state index contributed by atoms with van der Waals surface area (Å²) in [4.78, 5) is 17.3. The number of carbonyl (C=O) groups is 1. The van der Waals surface area contributed by atoms with E-state index in [1.807, 2.05) is 21.8 Å². The third-order valence-corrected chi connectivity index (χ3v) is 4.93. The number of amides is 1. The monoisotopic (exact) mass is 385 g/mol. The molecule has 1 saturated heterocycles. The number of hydrogen-bond acceptors (Lipinski definition) is 4. The average molecular weight is 386 g/mol. The second kappa shape index (κ2) is 11.6. The molecule has 1 atom stereocenters. The number of aromatic nitrogens is 2. The molecule has 26 heavy (non-hydrogen) atoms. The third-order valence-electron chi connectivity index (χ3n) is 4.93. The number of piperidine rings is 1. The highest BCUT2D eigenvalue weighted by atomic mass is 35.5. The van der Waals surface area contributed by atoms with Crippen LogP contribution in [-0.4, -0.2) is 71.3 Å². The van der Waals surface area contributed by atoms with Gasteiger partial charge in [-0.05, 0) is 44.5 Å². The lowest BCUT2D eigenvalue weighted by Crippen LogP contribution is -2.40. The molecule has 2 heterocycles. The standard InChI is InChI=1S/C19H35N5O.ClH/c1-5-22(6-2)12-13-23(15-16(3)4)19(25)18-9-11-24(21-18)17-8-7-10-20-14-17;/h9,11,16-17,20H,5-8,10,12-15H2,1-4H3;1H. The van der Waals surface area contributed by atoms with E-state index < -0.39 is 0 Å². The van der Waals surface area contributed by atoms with E-state index in [0.29, 0.717) is 17.7 Å². The normalized spacial score (nSPS) is 17.4. The minimum absolute atomic E-state index is 0. The molecule has 1 aromatic rings. The minimum Gasteiger partial charge on any atom is -0.336 e. The van der Waals surface area contributed by atoms with Crippen molar-refractivity contribution in [1.29, 1.82) is 0 Å². The van der Waals surface area contributed by atoms with E-state index in [2.05, 4.69) is 43.0 Å². The first-order chi connectivity index (χ1) is 12.0. The molecule has 0 aliphatic carbocycles. The summed E-state index contributed by atoms with van der Waals surface area (Å²) >= 11 is 0. The van der Waals surface area contributed by atoms with Crippen LogP contribution in [0.5, 0.6) is 0 Å². The lowest BCUT2D eigenvalue weighted by Gasteiger charge is -2.27. The van der Waals surface area contributed by atoms with Crippen molar-refractivity contribution in [3.63, 3.8) is 0 Å². The number of halogens is 1. The van der Waals surface area contributed by atoms with Crippen LogP contribution in [0, 0.1) is 5.92 Å². The summed E-state index contributed by atoms with van der Waals surface area (Å²) in [7, 11) is 0. The molecule has 1 aliphatic rings. The quantitative estimate of drug-likeness (QED) is 0.710. The molecule has 7 heteroatoms. The Bertz CT molecular complexity index is 524. The highest BCUT2D eigenvalue weighted by molar-refractivity contribution is 5.92. The lowest BCUT2D eigenvalue weighted by molar-refractivity contribution is 0.0709. The van der Waals surface area contributed by atoms with Crippen molar-refractivity contribution < 1.29 is 4.79 Å². The van der Waals surface area contributed by atoms with Crippen LogP contribution in [0.3, 0.4) is 0 Å². The maximum Gasteiger partial charge on any atom is 0.274 e. The average Bonchev–Trinajstić information content (AvgIpc) is 3.11. The number of carbonyl (C=O) groups excluding carboxylic acids is 1. The summed E-state index contributed by atoms with van der Waals surface area (Å²) in [6.07, 6.45) is 4.25. The van der Waals surface area contributed by atoms with Gasteiger partial charge in [-0.2, -0.15) is 5.10 Å². The van der Waals surface area contributed by atoms with Crippen LogP contribution in [0.4, 0.5) is 0 Å². The fourth-order valence-electron chi connectivity index (χ4n) is 3.40. The number of nitrogens with zero attached hydrogens (tertiary/aromatic N) is 4. The Kier molecular flexibility index (Phi) is 10.2. The summed E-state index contributed by atoms with van der Waals surface area (Å²) in [5.74, 6) is 0.508. The van der Waals surface area contributed by atoms with Crippen molar-refractivity contribution in [2.75, 3.05) is 45.8 Å². The van der Waals surface area contributed by atoms with Gasteiger partial charge in [0, 0.05) is 32.4 Å². The third kappa shape index (κ3) is 6.56.